The van der Waals surface area contributed by atoms with Crippen molar-refractivity contribution in [2.75, 3.05) is 20.6 Å². The van der Waals surface area contributed by atoms with Crippen LogP contribution in [-0.2, 0) is 6.54 Å². The van der Waals surface area contributed by atoms with Crippen molar-refractivity contribution in [1.82, 2.24) is 14.7 Å². The fourth-order valence-corrected chi connectivity index (χ4v) is 1.85. The number of ketones is 1. The van der Waals surface area contributed by atoms with E-state index in [1.165, 1.54) is 6.20 Å². The minimum Gasteiger partial charge on any atom is -0.321 e. The summed E-state index contributed by atoms with van der Waals surface area (Å²) in [6.45, 7) is 7.19. The number of halogens is 1. The molecular weight excluding hydrogens is 264 g/mol. The van der Waals surface area contributed by atoms with E-state index in [0.29, 0.717) is 17.3 Å². The first-order valence-corrected chi connectivity index (χ1v) is 6.68. The van der Waals surface area contributed by atoms with Gasteiger partial charge in [-0.25, -0.2) is 0 Å². The van der Waals surface area contributed by atoms with Crippen LogP contribution in [0.15, 0.2) is 6.20 Å². The second-order valence-corrected chi connectivity index (χ2v) is 6.48. The summed E-state index contributed by atoms with van der Waals surface area (Å²) in [5, 5.41) is 4.52. The predicted octanol–water partition coefficient (Wildman–Crippen LogP) is 1.65. The quantitative estimate of drug-likeness (QED) is 0.836. The predicted molar refractivity (Wildman–Crippen MR) is 77.6 cm³/mol. The molecule has 0 amide bonds. The molecule has 0 aromatic carbocycles. The number of likely N-dealkylation sites (N-methyl/N-ethyl adjacent to an activating group) is 1. The molecule has 0 spiro atoms. The van der Waals surface area contributed by atoms with Gasteiger partial charge in [-0.1, -0.05) is 32.4 Å². The highest BCUT2D eigenvalue weighted by Crippen LogP contribution is 2.24. The van der Waals surface area contributed by atoms with Crippen molar-refractivity contribution in [3.05, 3.63) is 16.9 Å². The van der Waals surface area contributed by atoms with Gasteiger partial charge in [-0.2, -0.15) is 5.10 Å². The number of hydrogen-bond acceptors (Lipinski definition) is 4. The molecule has 1 atom stereocenters. The summed E-state index contributed by atoms with van der Waals surface area (Å²) in [7, 11) is 3.93. The standard InChI is InChI=1S/C13H23ClN4O/c1-13(2,3)12(15)11(19)10-9(14)8-16-18(10)7-6-17(4)5/h8,12H,6-7,15H2,1-5H3. The molecule has 1 aromatic rings. The van der Waals surface area contributed by atoms with Crippen molar-refractivity contribution < 1.29 is 4.79 Å². The topological polar surface area (TPSA) is 64.2 Å². The Hall–Kier alpha value is -0.910. The van der Waals surface area contributed by atoms with Crippen LogP contribution in [0, 0.1) is 5.41 Å². The van der Waals surface area contributed by atoms with E-state index < -0.39 is 6.04 Å². The van der Waals surface area contributed by atoms with Crippen molar-refractivity contribution in [1.29, 1.82) is 0 Å². The van der Waals surface area contributed by atoms with Crippen LogP contribution in [0.3, 0.4) is 0 Å². The lowest BCUT2D eigenvalue weighted by Gasteiger charge is -2.26. The van der Waals surface area contributed by atoms with E-state index in [1.54, 1.807) is 4.68 Å². The summed E-state index contributed by atoms with van der Waals surface area (Å²) in [6.07, 6.45) is 1.50. The Kier molecular flexibility index (Phi) is 5.12. The maximum Gasteiger partial charge on any atom is 0.199 e. The SMILES string of the molecule is CN(C)CCn1ncc(Cl)c1C(=O)C(N)C(C)(C)C. The summed E-state index contributed by atoms with van der Waals surface area (Å²) >= 11 is 6.08. The van der Waals surface area contributed by atoms with Crippen LogP contribution in [0.4, 0.5) is 0 Å². The first-order chi connectivity index (χ1) is 8.64. The van der Waals surface area contributed by atoms with Crippen LogP contribution in [-0.4, -0.2) is 47.1 Å². The minimum atomic E-state index is -0.597. The zero-order valence-corrected chi connectivity index (χ0v) is 13.0. The lowest BCUT2D eigenvalue weighted by Crippen LogP contribution is -2.43. The molecule has 1 heterocycles. The van der Waals surface area contributed by atoms with Crippen molar-refractivity contribution in [3.8, 4) is 0 Å². The summed E-state index contributed by atoms with van der Waals surface area (Å²) < 4.78 is 1.64. The van der Waals surface area contributed by atoms with Gasteiger partial charge in [0.05, 0.1) is 23.8 Å². The van der Waals surface area contributed by atoms with Gasteiger partial charge in [0.1, 0.15) is 5.69 Å². The Morgan fingerprint density at radius 2 is 2.11 bits per heavy atom. The monoisotopic (exact) mass is 286 g/mol. The van der Waals surface area contributed by atoms with Crippen molar-refractivity contribution in [3.63, 3.8) is 0 Å². The second-order valence-electron chi connectivity index (χ2n) is 6.08. The molecule has 0 radical (unpaired) electrons. The van der Waals surface area contributed by atoms with E-state index in [2.05, 4.69) is 5.10 Å². The molecule has 1 rings (SSSR count). The fourth-order valence-electron chi connectivity index (χ4n) is 1.61. The van der Waals surface area contributed by atoms with E-state index in [0.717, 1.165) is 6.54 Å². The number of carbonyl (C=O) groups excluding carboxylic acids is 1. The van der Waals surface area contributed by atoms with Crippen LogP contribution < -0.4 is 5.73 Å². The first kappa shape index (κ1) is 16.1. The van der Waals surface area contributed by atoms with E-state index in [1.807, 2.05) is 39.8 Å². The number of carbonyl (C=O) groups is 1. The third-order valence-electron chi connectivity index (χ3n) is 3.00. The van der Waals surface area contributed by atoms with Crippen LogP contribution >= 0.6 is 11.6 Å². The van der Waals surface area contributed by atoms with E-state index in [4.69, 9.17) is 17.3 Å². The Morgan fingerprint density at radius 3 is 2.58 bits per heavy atom. The molecular formula is C13H23ClN4O. The Morgan fingerprint density at radius 1 is 1.53 bits per heavy atom. The van der Waals surface area contributed by atoms with Crippen molar-refractivity contribution in [2.45, 2.75) is 33.4 Å². The molecule has 108 valence electrons. The third kappa shape index (κ3) is 4.03. The number of nitrogens with two attached hydrogens (primary N) is 1. The van der Waals surface area contributed by atoms with E-state index in [9.17, 15) is 4.79 Å². The summed E-state index contributed by atoms with van der Waals surface area (Å²) in [4.78, 5) is 14.5. The fraction of sp³-hybridized carbons (Fsp3) is 0.692. The molecule has 0 aliphatic heterocycles. The number of Topliss-reactive ketones (excluding diaryl/α,β-unsaturated/α-hetero) is 1. The number of nitrogens with zero attached hydrogens (tertiary/aromatic N) is 3. The largest absolute Gasteiger partial charge is 0.321 e. The lowest BCUT2D eigenvalue weighted by molar-refractivity contribution is 0.0889. The molecule has 0 bridgehead atoms. The highest BCUT2D eigenvalue weighted by atomic mass is 35.5. The van der Waals surface area contributed by atoms with Gasteiger partial charge >= 0.3 is 0 Å². The van der Waals surface area contributed by atoms with Gasteiger partial charge in [0, 0.05) is 6.54 Å². The average molecular weight is 287 g/mol. The highest BCUT2D eigenvalue weighted by Gasteiger charge is 2.31. The molecule has 1 aromatic heterocycles. The van der Waals surface area contributed by atoms with Crippen LogP contribution in [0.1, 0.15) is 31.3 Å². The maximum atomic E-state index is 12.5. The maximum absolute atomic E-state index is 12.5. The van der Waals surface area contributed by atoms with Crippen LogP contribution in [0.5, 0.6) is 0 Å². The normalized spacial score (nSPS) is 13.9. The van der Waals surface area contributed by atoms with Gasteiger partial charge in [-0.05, 0) is 19.5 Å². The number of hydrogen-bond donors (Lipinski definition) is 1. The zero-order chi connectivity index (χ0) is 14.8. The second kappa shape index (κ2) is 6.03. The lowest BCUT2D eigenvalue weighted by atomic mass is 9.84. The molecule has 0 saturated carbocycles. The molecule has 0 saturated heterocycles. The van der Waals surface area contributed by atoms with Gasteiger partial charge in [0.15, 0.2) is 5.78 Å². The number of rotatable bonds is 5. The molecule has 0 aliphatic rings. The summed E-state index contributed by atoms with van der Waals surface area (Å²) in [5.74, 6) is -0.159. The van der Waals surface area contributed by atoms with Crippen LogP contribution in [0.2, 0.25) is 5.02 Å². The zero-order valence-electron chi connectivity index (χ0n) is 12.3. The summed E-state index contributed by atoms with van der Waals surface area (Å²) in [5.41, 5.74) is 6.12. The molecule has 0 fully saturated rings. The Balaban J connectivity index is 2.99. The Labute approximate surface area is 119 Å². The molecule has 5 nitrogen and oxygen atoms in total. The molecule has 0 aliphatic carbocycles. The van der Waals surface area contributed by atoms with E-state index in [-0.39, 0.29) is 11.2 Å². The van der Waals surface area contributed by atoms with Crippen molar-refractivity contribution in [2.24, 2.45) is 11.1 Å². The molecule has 1 unspecified atom stereocenters. The van der Waals surface area contributed by atoms with Gasteiger partial charge in [-0.15, -0.1) is 0 Å². The molecule has 19 heavy (non-hydrogen) atoms. The van der Waals surface area contributed by atoms with Crippen LogP contribution in [0.25, 0.3) is 0 Å². The first-order valence-electron chi connectivity index (χ1n) is 6.30. The van der Waals surface area contributed by atoms with Crippen molar-refractivity contribution >= 4 is 17.4 Å². The Bertz CT molecular complexity index is 448. The smallest absolute Gasteiger partial charge is 0.199 e. The van der Waals surface area contributed by atoms with Gasteiger partial charge in [0.25, 0.3) is 0 Å². The highest BCUT2D eigenvalue weighted by molar-refractivity contribution is 6.33. The average Bonchev–Trinajstić information content (AvgIpc) is 2.64. The van der Waals surface area contributed by atoms with Gasteiger partial charge < -0.3 is 10.6 Å². The molecule has 6 heteroatoms. The summed E-state index contributed by atoms with van der Waals surface area (Å²) in [6, 6.07) is -0.597. The number of aromatic nitrogens is 2. The van der Waals surface area contributed by atoms with Gasteiger partial charge in [0.2, 0.25) is 0 Å². The minimum absolute atomic E-state index is 0.159. The third-order valence-corrected chi connectivity index (χ3v) is 3.28. The van der Waals surface area contributed by atoms with E-state index >= 15 is 0 Å². The van der Waals surface area contributed by atoms with Gasteiger partial charge in [-0.3, -0.25) is 9.48 Å². The molecule has 2 N–H and O–H groups in total.